The van der Waals surface area contributed by atoms with Crippen molar-refractivity contribution in [3.05, 3.63) is 36.0 Å². The van der Waals surface area contributed by atoms with Gasteiger partial charge in [0.15, 0.2) is 0 Å². The van der Waals surface area contributed by atoms with E-state index in [-0.39, 0.29) is 12.0 Å². The average Bonchev–Trinajstić information content (AvgIpc) is 2.79. The molecule has 1 aromatic carbocycles. The van der Waals surface area contributed by atoms with Gasteiger partial charge >= 0.3 is 5.97 Å². The largest absolute Gasteiger partial charge is 0.465 e. The summed E-state index contributed by atoms with van der Waals surface area (Å²) in [5, 5.41) is 4.35. The maximum absolute atomic E-state index is 11.5. The zero-order valence-corrected chi connectivity index (χ0v) is 10.7. The standard InChI is InChI=1S/C14H18N2O2/c1-3-18-14(17)10(2)15-8-11-9-16-13-7-5-4-6-12(11)13/h4-7,9-10,15-16H,3,8H2,1-2H3. The Labute approximate surface area is 106 Å². The summed E-state index contributed by atoms with van der Waals surface area (Å²) in [7, 11) is 0. The van der Waals surface area contributed by atoms with Gasteiger partial charge in [0.25, 0.3) is 0 Å². The second-order valence-electron chi connectivity index (χ2n) is 4.21. The zero-order chi connectivity index (χ0) is 13.0. The summed E-state index contributed by atoms with van der Waals surface area (Å²) < 4.78 is 4.95. The molecule has 0 fully saturated rings. The van der Waals surface area contributed by atoms with Gasteiger partial charge in [0.2, 0.25) is 0 Å². The smallest absolute Gasteiger partial charge is 0.322 e. The van der Waals surface area contributed by atoms with Crippen molar-refractivity contribution in [3.8, 4) is 0 Å². The van der Waals surface area contributed by atoms with Crippen LogP contribution in [-0.4, -0.2) is 23.6 Å². The molecule has 0 aliphatic carbocycles. The summed E-state index contributed by atoms with van der Waals surface area (Å²) >= 11 is 0. The van der Waals surface area contributed by atoms with Gasteiger partial charge in [0.1, 0.15) is 6.04 Å². The number of aromatic amines is 1. The first-order chi connectivity index (χ1) is 8.72. The fourth-order valence-electron chi connectivity index (χ4n) is 1.89. The van der Waals surface area contributed by atoms with Gasteiger partial charge in [-0.1, -0.05) is 18.2 Å². The lowest BCUT2D eigenvalue weighted by atomic mass is 10.1. The first kappa shape index (κ1) is 12.6. The number of nitrogens with one attached hydrogen (secondary N) is 2. The first-order valence-electron chi connectivity index (χ1n) is 6.17. The van der Waals surface area contributed by atoms with Crippen LogP contribution in [0, 0.1) is 0 Å². The number of rotatable bonds is 5. The van der Waals surface area contributed by atoms with Crippen LogP contribution in [0.15, 0.2) is 30.5 Å². The molecule has 0 saturated carbocycles. The maximum atomic E-state index is 11.5. The summed E-state index contributed by atoms with van der Waals surface area (Å²) in [5.74, 6) is -0.211. The minimum atomic E-state index is -0.293. The Balaban J connectivity index is 2.00. The van der Waals surface area contributed by atoms with Crippen LogP contribution >= 0.6 is 0 Å². The molecule has 0 spiro atoms. The Morgan fingerprint density at radius 3 is 3.00 bits per heavy atom. The van der Waals surface area contributed by atoms with Crippen LogP contribution in [0.4, 0.5) is 0 Å². The summed E-state index contributed by atoms with van der Waals surface area (Å²) in [6, 6.07) is 7.82. The molecule has 0 aliphatic heterocycles. The third-order valence-electron chi connectivity index (χ3n) is 2.91. The molecule has 4 heteroatoms. The Hall–Kier alpha value is -1.81. The molecule has 0 amide bonds. The van der Waals surface area contributed by atoms with E-state index in [1.54, 1.807) is 0 Å². The monoisotopic (exact) mass is 246 g/mol. The number of hydrogen-bond acceptors (Lipinski definition) is 3. The van der Waals surface area contributed by atoms with E-state index in [0.29, 0.717) is 13.2 Å². The number of ether oxygens (including phenoxy) is 1. The predicted octanol–water partition coefficient (Wildman–Crippen LogP) is 2.21. The van der Waals surface area contributed by atoms with Crippen molar-refractivity contribution in [2.45, 2.75) is 26.4 Å². The minimum absolute atomic E-state index is 0.211. The Morgan fingerprint density at radius 1 is 1.44 bits per heavy atom. The van der Waals surface area contributed by atoms with Crippen molar-refractivity contribution in [1.82, 2.24) is 10.3 Å². The van der Waals surface area contributed by atoms with Crippen LogP contribution in [0.5, 0.6) is 0 Å². The molecular weight excluding hydrogens is 228 g/mol. The van der Waals surface area contributed by atoms with E-state index >= 15 is 0 Å². The zero-order valence-electron chi connectivity index (χ0n) is 10.7. The molecular formula is C14H18N2O2. The molecule has 0 radical (unpaired) electrons. The molecule has 2 N–H and O–H groups in total. The van der Waals surface area contributed by atoms with E-state index in [1.807, 2.05) is 38.2 Å². The Morgan fingerprint density at radius 2 is 2.22 bits per heavy atom. The van der Waals surface area contributed by atoms with Crippen LogP contribution in [0.2, 0.25) is 0 Å². The third-order valence-corrected chi connectivity index (χ3v) is 2.91. The van der Waals surface area contributed by atoms with Crippen LogP contribution in [0.3, 0.4) is 0 Å². The summed E-state index contributed by atoms with van der Waals surface area (Å²) in [5.41, 5.74) is 2.26. The molecule has 0 saturated heterocycles. The van der Waals surface area contributed by atoms with Crippen LogP contribution < -0.4 is 5.32 Å². The normalized spacial score (nSPS) is 12.6. The van der Waals surface area contributed by atoms with Gasteiger partial charge in [0, 0.05) is 23.6 Å². The van der Waals surface area contributed by atoms with Crippen LogP contribution in [0.1, 0.15) is 19.4 Å². The highest BCUT2D eigenvalue weighted by molar-refractivity contribution is 5.83. The topological polar surface area (TPSA) is 54.1 Å². The molecule has 1 aromatic heterocycles. The number of aromatic nitrogens is 1. The van der Waals surface area contributed by atoms with Gasteiger partial charge in [-0.15, -0.1) is 0 Å². The quantitative estimate of drug-likeness (QED) is 0.795. The molecule has 96 valence electrons. The van der Waals surface area contributed by atoms with E-state index < -0.39 is 0 Å². The second-order valence-corrected chi connectivity index (χ2v) is 4.21. The Kier molecular flexibility index (Phi) is 3.99. The van der Waals surface area contributed by atoms with Gasteiger partial charge in [-0.2, -0.15) is 0 Å². The van der Waals surface area contributed by atoms with E-state index in [1.165, 1.54) is 5.39 Å². The highest BCUT2D eigenvalue weighted by Gasteiger charge is 2.13. The number of fused-ring (bicyclic) bond motifs is 1. The molecule has 1 unspecified atom stereocenters. The fourth-order valence-corrected chi connectivity index (χ4v) is 1.89. The Bertz CT molecular complexity index is 533. The van der Waals surface area contributed by atoms with Crippen molar-refractivity contribution < 1.29 is 9.53 Å². The lowest BCUT2D eigenvalue weighted by Crippen LogP contribution is -2.34. The van der Waals surface area contributed by atoms with Crippen molar-refractivity contribution >= 4 is 16.9 Å². The molecule has 4 nitrogen and oxygen atoms in total. The number of benzene rings is 1. The third kappa shape index (κ3) is 2.71. The van der Waals surface area contributed by atoms with Crippen molar-refractivity contribution in [3.63, 3.8) is 0 Å². The number of esters is 1. The maximum Gasteiger partial charge on any atom is 0.322 e. The molecule has 1 heterocycles. The number of para-hydroxylation sites is 1. The number of H-pyrrole nitrogens is 1. The predicted molar refractivity (Wildman–Crippen MR) is 71.2 cm³/mol. The number of carbonyl (C=O) groups is 1. The van der Waals surface area contributed by atoms with Gasteiger partial charge in [-0.05, 0) is 25.5 Å². The first-order valence-corrected chi connectivity index (χ1v) is 6.17. The van der Waals surface area contributed by atoms with Gasteiger partial charge in [0.05, 0.1) is 6.61 Å². The van der Waals surface area contributed by atoms with Crippen LogP contribution in [-0.2, 0) is 16.1 Å². The SMILES string of the molecule is CCOC(=O)C(C)NCc1c[nH]c2ccccc12. The van der Waals surface area contributed by atoms with Gasteiger partial charge in [-0.25, -0.2) is 0 Å². The molecule has 0 bridgehead atoms. The van der Waals surface area contributed by atoms with E-state index in [2.05, 4.69) is 16.4 Å². The van der Waals surface area contributed by atoms with Crippen molar-refractivity contribution in [1.29, 1.82) is 0 Å². The van der Waals surface area contributed by atoms with Gasteiger partial charge in [-0.3, -0.25) is 4.79 Å². The summed E-state index contributed by atoms with van der Waals surface area (Å²) in [4.78, 5) is 14.7. The highest BCUT2D eigenvalue weighted by Crippen LogP contribution is 2.17. The molecule has 2 rings (SSSR count). The molecule has 0 aliphatic rings. The number of hydrogen-bond donors (Lipinski definition) is 2. The minimum Gasteiger partial charge on any atom is -0.465 e. The summed E-state index contributed by atoms with van der Waals surface area (Å²) in [6.45, 7) is 4.68. The second kappa shape index (κ2) is 5.69. The van der Waals surface area contributed by atoms with E-state index in [4.69, 9.17) is 4.74 Å². The fraction of sp³-hybridized carbons (Fsp3) is 0.357. The van der Waals surface area contributed by atoms with E-state index in [9.17, 15) is 4.79 Å². The van der Waals surface area contributed by atoms with Crippen molar-refractivity contribution in [2.75, 3.05) is 6.61 Å². The van der Waals surface area contributed by atoms with Crippen molar-refractivity contribution in [2.24, 2.45) is 0 Å². The summed E-state index contributed by atoms with van der Waals surface area (Å²) in [6.07, 6.45) is 1.97. The lowest BCUT2D eigenvalue weighted by Gasteiger charge is -2.11. The number of carbonyl (C=O) groups excluding carboxylic acids is 1. The lowest BCUT2D eigenvalue weighted by molar-refractivity contribution is -0.145. The average molecular weight is 246 g/mol. The highest BCUT2D eigenvalue weighted by atomic mass is 16.5. The molecule has 2 aromatic rings. The molecule has 18 heavy (non-hydrogen) atoms. The molecule has 1 atom stereocenters. The van der Waals surface area contributed by atoms with Gasteiger partial charge < -0.3 is 15.0 Å². The van der Waals surface area contributed by atoms with Crippen LogP contribution in [0.25, 0.3) is 10.9 Å². The van der Waals surface area contributed by atoms with E-state index in [0.717, 1.165) is 11.1 Å².